The molecule has 1 heterocycles. The van der Waals surface area contributed by atoms with E-state index in [1.54, 1.807) is 18.2 Å². The number of hydrogen-bond donors (Lipinski definition) is 0. The smallest absolute Gasteiger partial charge is 0.269 e. The molecule has 2 rings (SSSR count). The lowest BCUT2D eigenvalue weighted by Gasteiger charge is -2.57. The molecule has 0 bridgehead atoms. The number of likely N-dealkylation sites (tertiary alicyclic amines) is 1. The van der Waals surface area contributed by atoms with Gasteiger partial charge in [0.15, 0.2) is 13.9 Å². The number of carbonyl (C=O) groups excluding carboxylic acids is 2. The average Bonchev–Trinajstić information content (AvgIpc) is 2.49. The molecule has 1 fully saturated rings. The first-order valence-electron chi connectivity index (χ1n) is 8.64. The molecule has 0 unspecified atom stereocenters. The van der Waals surface area contributed by atoms with Gasteiger partial charge in [-0.1, -0.05) is 39.0 Å². The van der Waals surface area contributed by atoms with E-state index in [4.69, 9.17) is 4.43 Å². The number of nitrogens with zero attached hydrogens (tertiary/aromatic N) is 1. The van der Waals surface area contributed by atoms with Gasteiger partial charge in [0.2, 0.25) is 0 Å². The number of halogens is 2. The van der Waals surface area contributed by atoms with Crippen molar-refractivity contribution in [1.82, 2.24) is 4.90 Å². The van der Waals surface area contributed by atoms with Crippen LogP contribution < -0.4 is 0 Å². The zero-order valence-electron chi connectivity index (χ0n) is 16.4. The van der Waals surface area contributed by atoms with Crippen LogP contribution in [0.5, 0.6) is 0 Å². The van der Waals surface area contributed by atoms with Gasteiger partial charge in [-0.2, -0.15) is 0 Å². The Labute approximate surface area is 154 Å². The number of imide groups is 1. The second-order valence-corrected chi connectivity index (χ2v) is 13.4. The lowest BCUT2D eigenvalue weighted by Crippen LogP contribution is -2.81. The standard InChI is InChI=1S/C19H27F2NO3Si/c1-17(2,3)26(6,7)25-18(4)15(19(5,20)21)22(16(18)24)14(23)13-11-9-8-10-12-13/h8-12,15H,1-7H3/t15-,18-/m1/s1. The minimum Gasteiger partial charge on any atom is -0.401 e. The monoisotopic (exact) mass is 383 g/mol. The molecule has 0 aromatic heterocycles. The van der Waals surface area contributed by atoms with E-state index in [0.29, 0.717) is 4.90 Å². The maximum Gasteiger partial charge on any atom is 0.269 e. The number of β-lactam (4-membered cyclic amide) rings is 1. The van der Waals surface area contributed by atoms with Gasteiger partial charge in [-0.3, -0.25) is 14.5 Å². The Hall–Kier alpha value is -1.60. The maximum absolute atomic E-state index is 14.4. The highest BCUT2D eigenvalue weighted by molar-refractivity contribution is 6.74. The quantitative estimate of drug-likeness (QED) is 0.438. The van der Waals surface area contributed by atoms with Crippen LogP contribution >= 0.6 is 0 Å². The summed E-state index contributed by atoms with van der Waals surface area (Å²) >= 11 is 0. The Kier molecular flexibility index (Phi) is 4.96. The van der Waals surface area contributed by atoms with Gasteiger partial charge in [-0.15, -0.1) is 0 Å². The van der Waals surface area contributed by atoms with Crippen LogP contribution in [-0.2, 0) is 9.22 Å². The number of alkyl halides is 2. The minimum absolute atomic E-state index is 0.199. The fourth-order valence-corrected chi connectivity index (χ4v) is 4.64. The van der Waals surface area contributed by atoms with Crippen LogP contribution in [0.25, 0.3) is 0 Å². The lowest BCUT2D eigenvalue weighted by atomic mass is 9.79. The van der Waals surface area contributed by atoms with Crippen molar-refractivity contribution in [1.29, 1.82) is 0 Å². The van der Waals surface area contributed by atoms with Crippen molar-refractivity contribution in [2.45, 2.75) is 70.3 Å². The predicted octanol–water partition coefficient (Wildman–Crippen LogP) is 4.47. The van der Waals surface area contributed by atoms with Gasteiger partial charge in [0.25, 0.3) is 17.7 Å². The van der Waals surface area contributed by atoms with Gasteiger partial charge in [0, 0.05) is 12.5 Å². The lowest BCUT2D eigenvalue weighted by molar-refractivity contribution is -0.209. The summed E-state index contributed by atoms with van der Waals surface area (Å²) in [4.78, 5) is 26.2. The molecule has 1 aromatic carbocycles. The average molecular weight is 384 g/mol. The van der Waals surface area contributed by atoms with E-state index in [-0.39, 0.29) is 10.6 Å². The second-order valence-electron chi connectivity index (χ2n) is 8.67. The van der Waals surface area contributed by atoms with Crippen LogP contribution in [0.1, 0.15) is 45.0 Å². The molecule has 1 aliphatic heterocycles. The van der Waals surface area contributed by atoms with Crippen molar-refractivity contribution < 1.29 is 22.8 Å². The van der Waals surface area contributed by atoms with Crippen molar-refractivity contribution >= 4 is 20.1 Å². The van der Waals surface area contributed by atoms with Gasteiger partial charge < -0.3 is 4.43 Å². The molecule has 4 nitrogen and oxygen atoms in total. The summed E-state index contributed by atoms with van der Waals surface area (Å²) in [5, 5.41) is -0.256. The van der Waals surface area contributed by atoms with Gasteiger partial charge in [0.05, 0.1) is 0 Å². The summed E-state index contributed by atoms with van der Waals surface area (Å²) in [6, 6.07) is 6.34. The van der Waals surface area contributed by atoms with E-state index in [1.165, 1.54) is 19.1 Å². The van der Waals surface area contributed by atoms with E-state index < -0.39 is 37.7 Å². The van der Waals surface area contributed by atoms with E-state index in [9.17, 15) is 18.4 Å². The molecule has 1 aromatic rings. The summed E-state index contributed by atoms with van der Waals surface area (Å²) in [5.74, 6) is -4.71. The molecular weight excluding hydrogens is 356 g/mol. The summed E-state index contributed by atoms with van der Waals surface area (Å²) < 4.78 is 35.0. The highest BCUT2D eigenvalue weighted by atomic mass is 28.4. The molecule has 0 radical (unpaired) electrons. The van der Waals surface area contributed by atoms with E-state index in [1.807, 2.05) is 33.9 Å². The third-order valence-corrected chi connectivity index (χ3v) is 9.96. The molecule has 0 aliphatic carbocycles. The van der Waals surface area contributed by atoms with E-state index in [0.717, 1.165) is 6.92 Å². The number of rotatable bonds is 4. The SMILES string of the molecule is CC(F)(F)[C@@H]1N(C(=O)c2ccccc2)C(=O)[C@]1(C)O[Si](C)(C)C(C)(C)C. The molecule has 0 spiro atoms. The second kappa shape index (κ2) is 6.23. The Morgan fingerprint density at radius 1 is 1.15 bits per heavy atom. The molecular formula is C19H27F2NO3Si. The van der Waals surface area contributed by atoms with Gasteiger partial charge in [-0.05, 0) is 37.2 Å². The Morgan fingerprint density at radius 2 is 1.65 bits per heavy atom. The van der Waals surface area contributed by atoms with Crippen molar-refractivity contribution in [3.63, 3.8) is 0 Å². The highest BCUT2D eigenvalue weighted by Gasteiger charge is 2.70. The third kappa shape index (κ3) is 3.34. The molecule has 2 amide bonds. The first kappa shape index (κ1) is 20.7. The molecule has 26 heavy (non-hydrogen) atoms. The van der Waals surface area contributed by atoms with Crippen LogP contribution in [0.15, 0.2) is 30.3 Å². The molecule has 2 atom stereocenters. The molecule has 144 valence electrons. The van der Waals surface area contributed by atoms with Crippen LogP contribution in [-0.4, -0.2) is 42.6 Å². The van der Waals surface area contributed by atoms with Crippen LogP contribution in [0.4, 0.5) is 8.78 Å². The Bertz CT molecular complexity index is 710. The van der Waals surface area contributed by atoms with Crippen molar-refractivity contribution in [2.24, 2.45) is 0 Å². The summed E-state index contributed by atoms with van der Waals surface area (Å²) in [6.07, 6.45) is 0. The third-order valence-electron chi connectivity index (χ3n) is 5.42. The van der Waals surface area contributed by atoms with E-state index in [2.05, 4.69) is 0 Å². The van der Waals surface area contributed by atoms with Gasteiger partial charge >= 0.3 is 0 Å². The van der Waals surface area contributed by atoms with E-state index >= 15 is 0 Å². The zero-order chi connectivity index (χ0) is 20.1. The molecule has 0 N–H and O–H groups in total. The topological polar surface area (TPSA) is 46.6 Å². The van der Waals surface area contributed by atoms with Crippen LogP contribution in [0.2, 0.25) is 18.1 Å². The number of amides is 2. The normalized spacial score (nSPS) is 24.4. The summed E-state index contributed by atoms with van der Waals surface area (Å²) in [5.41, 5.74) is -1.52. The fourth-order valence-electron chi connectivity index (χ4n) is 3.08. The zero-order valence-corrected chi connectivity index (χ0v) is 17.4. The first-order valence-corrected chi connectivity index (χ1v) is 11.5. The number of benzene rings is 1. The van der Waals surface area contributed by atoms with Gasteiger partial charge in [0.1, 0.15) is 6.04 Å². The minimum atomic E-state index is -3.28. The first-order chi connectivity index (χ1) is 11.6. The largest absolute Gasteiger partial charge is 0.401 e. The molecule has 1 aliphatic rings. The predicted molar refractivity (Wildman–Crippen MR) is 98.7 cm³/mol. The molecule has 1 saturated heterocycles. The fraction of sp³-hybridized carbons (Fsp3) is 0.579. The van der Waals surface area contributed by atoms with Crippen molar-refractivity contribution in [3.8, 4) is 0 Å². The van der Waals surface area contributed by atoms with Crippen LogP contribution in [0.3, 0.4) is 0 Å². The Balaban J connectivity index is 2.41. The Morgan fingerprint density at radius 3 is 2.08 bits per heavy atom. The number of carbonyl (C=O) groups is 2. The van der Waals surface area contributed by atoms with Crippen molar-refractivity contribution in [2.75, 3.05) is 0 Å². The summed E-state index contributed by atoms with van der Waals surface area (Å²) in [7, 11) is -2.51. The van der Waals surface area contributed by atoms with Crippen molar-refractivity contribution in [3.05, 3.63) is 35.9 Å². The molecule has 7 heteroatoms. The van der Waals surface area contributed by atoms with Crippen LogP contribution in [0, 0.1) is 0 Å². The number of hydrogen-bond acceptors (Lipinski definition) is 3. The summed E-state index contributed by atoms with van der Waals surface area (Å²) in [6.45, 7) is 11.8. The maximum atomic E-state index is 14.4. The highest BCUT2D eigenvalue weighted by Crippen LogP contribution is 2.48. The molecule has 0 saturated carbocycles. The van der Waals surface area contributed by atoms with Gasteiger partial charge in [-0.25, -0.2) is 8.78 Å².